The van der Waals surface area contributed by atoms with Crippen LogP contribution in [0.25, 0.3) is 0 Å². The van der Waals surface area contributed by atoms with Crippen LogP contribution in [0.4, 0.5) is 0 Å². The van der Waals surface area contributed by atoms with E-state index >= 15 is 0 Å². The summed E-state index contributed by atoms with van der Waals surface area (Å²) < 4.78 is 197. The Bertz CT molecular complexity index is 1910. The van der Waals surface area contributed by atoms with Gasteiger partial charge < -0.3 is 103 Å². The number of hydrogen-bond acceptors (Lipinski definition) is 27. The summed E-state index contributed by atoms with van der Waals surface area (Å²) in [6.45, 7) is 0. The first kappa shape index (κ1) is 97.3. The van der Waals surface area contributed by atoms with Crippen molar-refractivity contribution < 1.29 is 223 Å². The first-order chi connectivity index (χ1) is 26.5. The predicted molar refractivity (Wildman–Crippen MR) is 251 cm³/mol. The van der Waals surface area contributed by atoms with Crippen LogP contribution in [0.2, 0.25) is 0 Å². The first-order valence-corrected chi connectivity index (χ1v) is 34.0. The van der Waals surface area contributed by atoms with E-state index < -0.39 is 117 Å². The van der Waals surface area contributed by atoms with Crippen molar-refractivity contribution in [3.8, 4) is 0 Å². The van der Waals surface area contributed by atoms with Crippen molar-refractivity contribution in [1.29, 1.82) is 0 Å². The minimum atomic E-state index is -6.07. The van der Waals surface area contributed by atoms with Crippen molar-refractivity contribution in [2.24, 2.45) is 0 Å². The van der Waals surface area contributed by atoms with Gasteiger partial charge in [0.2, 0.25) is 0 Å². The Balaban J connectivity index is -0.0000000918. The molecule has 0 aromatic carbocycles. The van der Waals surface area contributed by atoms with E-state index in [0.717, 1.165) is 0 Å². The van der Waals surface area contributed by atoms with Gasteiger partial charge in [-0.05, 0) is 0 Å². The summed E-state index contributed by atoms with van der Waals surface area (Å²) in [5.74, 6) is 0. The topological polar surface area (TPSA) is 792 Å². The molecule has 13 unspecified atom stereocenters. The van der Waals surface area contributed by atoms with Gasteiger partial charge in [-0.15, -0.1) is 0 Å². The summed E-state index contributed by atoms with van der Waals surface area (Å²) in [5, 5.41) is 0. The lowest BCUT2D eigenvalue weighted by Crippen LogP contribution is -1.97. The molecule has 0 aliphatic carbocycles. The number of hydrogen-bond donors (Lipinski definition) is 21. The Labute approximate surface area is 408 Å². The normalized spacial score (nSPS) is 19.8. The average molecular weight is 1490 g/mol. The van der Waals surface area contributed by atoms with E-state index in [1.807, 2.05) is 0 Å². The highest BCUT2D eigenvalue weighted by atomic mass is 31.3. The molecule has 48 nitrogen and oxygen atoms in total. The molecule has 0 heterocycles. The number of rotatable bonds is 24. The van der Waals surface area contributed by atoms with E-state index in [0.29, 0.717) is 0 Å². The summed E-state index contributed by atoms with van der Waals surface area (Å²) >= 11 is 0. The van der Waals surface area contributed by atoms with Crippen molar-refractivity contribution >= 4 is 187 Å². The lowest BCUT2D eigenvalue weighted by atomic mass is 15.7. The molecule has 70 heteroatoms. The molecule has 0 saturated heterocycles. The van der Waals surface area contributed by atoms with Gasteiger partial charge >= 0.3 is 117 Å². The highest BCUT2D eigenvalue weighted by molar-refractivity contribution is 7.73. The van der Waals surface area contributed by atoms with Gasteiger partial charge in [-0.25, -0.2) is 68.5 Å². The molecule has 0 aromatic rings. The highest BCUT2D eigenvalue weighted by Crippen LogP contribution is 2.75. The summed E-state index contributed by atoms with van der Waals surface area (Å²) in [5.41, 5.74) is 0. The van der Waals surface area contributed by atoms with Crippen LogP contribution in [0.3, 0.4) is 0 Å². The van der Waals surface area contributed by atoms with Gasteiger partial charge in [-0.1, -0.05) is 0 Å². The van der Waals surface area contributed by atoms with Crippen LogP contribution < -0.4 is 0 Å². The van der Waals surface area contributed by atoms with Crippen molar-refractivity contribution in [1.82, 2.24) is 0 Å². The Morgan fingerprint density at radius 1 is 0.143 bits per heavy atom. The molecule has 0 aliphatic rings. The third-order valence-corrected chi connectivity index (χ3v) is 22.5. The first-order valence-electron chi connectivity index (χ1n) is 11.3. The van der Waals surface area contributed by atoms with E-state index in [2.05, 4.69) is 51.7 Å². The molecule has 0 spiro atoms. The molecule has 13 atom stereocenters. The Kier molecular flexibility index (Phi) is 48.0. The van der Waals surface area contributed by atoms with Gasteiger partial charge in [-0.2, -0.15) is 121 Å². The van der Waals surface area contributed by atoms with Crippen molar-refractivity contribution in [2.45, 2.75) is 0 Å². The second-order valence-electron chi connectivity index (χ2n) is 8.14. The van der Waals surface area contributed by atoms with E-state index in [4.69, 9.17) is 103 Å². The molecule has 0 radical (unpaired) electrons. The second kappa shape index (κ2) is 34.6. The lowest BCUT2D eigenvalue weighted by molar-refractivity contribution is 0.179. The van der Waals surface area contributed by atoms with E-state index in [1.165, 1.54) is 0 Å². The van der Waals surface area contributed by atoms with Crippen LogP contribution in [-0.4, -0.2) is 103 Å². The largest absolute Gasteiger partial charge is 0.490 e. The average Bonchev–Trinajstić information content (AvgIpc) is 2.68. The third-order valence-electron chi connectivity index (χ3n) is 2.50. The van der Waals surface area contributed by atoms with Gasteiger partial charge in [0.25, 0.3) is 0 Å². The van der Waals surface area contributed by atoms with Crippen molar-refractivity contribution in [3.05, 3.63) is 0 Å². The zero-order valence-electron chi connectivity index (χ0n) is 32.1. The minimum Gasteiger partial charge on any atom is -0.302 e. The molecule has 0 amide bonds. The van der Waals surface area contributed by atoms with E-state index in [9.17, 15) is 68.5 Å². The molecular formula is H42O48P22. The van der Waals surface area contributed by atoms with Crippen LogP contribution in [-0.2, 0) is 120 Å². The van der Waals surface area contributed by atoms with Gasteiger partial charge in [0, 0.05) is 0 Å². The Hall–Kier alpha value is 5.14. The zero-order chi connectivity index (χ0) is 52.0. The van der Waals surface area contributed by atoms with E-state index in [-0.39, 0.29) is 69.3 Å². The maximum absolute atomic E-state index is 11.0. The monoisotopic (exact) mass is 1490 g/mol. The SMILES string of the molecule is O=P(O)(O)OP(=O)(O)OP(=O)(O)OP(=O)(O)OP(=O)(O)O.O=P(O)(O)OP(=O)(O)OP(=O)(O)OP(=O)(O)OP(=O)(O)O.O=P(O)(O)OP(=O)(O)OP(=O)(O)OP(=O)(O)OP(=O)(O)O.P.P.P.P.P.P.P. The molecule has 0 rings (SSSR count). The fraction of sp³-hybridized carbons (Fsp3) is 0. The summed E-state index contributed by atoms with van der Waals surface area (Å²) in [6.07, 6.45) is 0. The summed E-state index contributed by atoms with van der Waals surface area (Å²) in [7, 11) is -88.0. The maximum Gasteiger partial charge on any atom is 0.490 e. The summed E-state index contributed by atoms with van der Waals surface area (Å²) in [4.78, 5) is 176. The number of phosphoric acid groups is 15. The predicted octanol–water partition coefficient (Wildman–Crippen LogP) is -0.975. The molecular weight excluding hydrogens is 1450 g/mol. The molecule has 440 valence electrons. The minimum absolute atomic E-state index is 0. The molecule has 0 aromatic heterocycles. The zero-order valence-corrected chi connectivity index (χ0v) is 55.4. The van der Waals surface area contributed by atoms with Gasteiger partial charge in [0.05, 0.1) is 0 Å². The molecule has 0 aliphatic heterocycles. The summed E-state index contributed by atoms with van der Waals surface area (Å²) in [6, 6.07) is 0. The Morgan fingerprint density at radius 2 is 0.200 bits per heavy atom. The molecule has 0 saturated carbocycles. The third kappa shape index (κ3) is 64.0. The van der Waals surface area contributed by atoms with Crippen LogP contribution in [0.1, 0.15) is 0 Å². The fourth-order valence-corrected chi connectivity index (χ4v) is 17.9. The molecule has 70 heavy (non-hydrogen) atoms. The van der Waals surface area contributed by atoms with E-state index in [1.54, 1.807) is 0 Å². The van der Waals surface area contributed by atoms with Gasteiger partial charge in [-0.3, -0.25) is 0 Å². The molecule has 0 bridgehead atoms. The van der Waals surface area contributed by atoms with Crippen molar-refractivity contribution in [3.63, 3.8) is 0 Å². The highest BCUT2D eigenvalue weighted by Gasteiger charge is 2.49. The Morgan fingerprint density at radius 3 is 0.257 bits per heavy atom. The van der Waals surface area contributed by atoms with Gasteiger partial charge in [0.15, 0.2) is 0 Å². The lowest BCUT2D eigenvalue weighted by Gasteiger charge is -2.18. The standard InChI is InChI=1S/3H7O16P5.7H3P/c3*1-17(2,3)13-19(7,8)15-21(11,12)16-20(9,10)14-18(4,5)6;;;;;;;/h3*(H,7,8)(H,9,10)(H,11,12)(H2,1,2,3)(H2,4,5,6);7*1H3. The molecule has 0 fully saturated rings. The van der Waals surface area contributed by atoms with Crippen LogP contribution >= 0.6 is 187 Å². The van der Waals surface area contributed by atoms with Crippen LogP contribution in [0.15, 0.2) is 0 Å². The maximum atomic E-state index is 11.0. The van der Waals surface area contributed by atoms with Crippen LogP contribution in [0, 0.1) is 0 Å². The fourth-order valence-electron chi connectivity index (χ4n) is 1.72. The smallest absolute Gasteiger partial charge is 0.302 e. The quantitative estimate of drug-likeness (QED) is 0.0517. The van der Waals surface area contributed by atoms with Crippen molar-refractivity contribution in [2.75, 3.05) is 0 Å². The van der Waals surface area contributed by atoms with Crippen LogP contribution in [0.5, 0.6) is 0 Å². The second-order valence-corrected chi connectivity index (χ2v) is 30.3. The van der Waals surface area contributed by atoms with Gasteiger partial charge in [0.1, 0.15) is 0 Å². The molecule has 21 N–H and O–H groups in total.